The maximum Gasteiger partial charge on any atom is 0.338 e. The number of aliphatic hydroxyl groups is 1. The van der Waals surface area contributed by atoms with Crippen LogP contribution in [0.3, 0.4) is 0 Å². The summed E-state index contributed by atoms with van der Waals surface area (Å²) in [5.74, 6) is 0.0612. The van der Waals surface area contributed by atoms with Crippen LogP contribution in [0.4, 0.5) is 0 Å². The predicted octanol–water partition coefficient (Wildman–Crippen LogP) is 4.86. The highest BCUT2D eigenvalue weighted by molar-refractivity contribution is 6.04. The summed E-state index contributed by atoms with van der Waals surface area (Å²) < 4.78 is 4.97. The van der Waals surface area contributed by atoms with Crippen LogP contribution in [0.25, 0.3) is 22.3 Å². The molecule has 1 aromatic rings. The van der Waals surface area contributed by atoms with Gasteiger partial charge in [-0.05, 0) is 51.4 Å². The van der Waals surface area contributed by atoms with E-state index in [0.717, 1.165) is 27.8 Å². The molecule has 0 unspecified atom stereocenters. The summed E-state index contributed by atoms with van der Waals surface area (Å²) in [4.78, 5) is 12.3. The smallest absolute Gasteiger partial charge is 0.338 e. The van der Waals surface area contributed by atoms with Gasteiger partial charge in [0.25, 0.3) is 0 Å². The molecule has 0 spiro atoms. The Kier molecular flexibility index (Phi) is 4.86. The van der Waals surface area contributed by atoms with Crippen molar-refractivity contribution < 1.29 is 14.6 Å². The molecule has 0 amide bonds. The minimum atomic E-state index is -0.341. The van der Waals surface area contributed by atoms with Gasteiger partial charge >= 0.3 is 5.97 Å². The fraction of sp³-hybridized carbons (Fsp3) is 0.227. The molecule has 0 aliphatic heterocycles. The largest absolute Gasteiger partial charge is 0.465 e. The summed E-state index contributed by atoms with van der Waals surface area (Å²) in [6.45, 7) is 4.28. The van der Waals surface area contributed by atoms with Crippen molar-refractivity contribution in [2.45, 2.75) is 26.4 Å². The summed E-state index contributed by atoms with van der Waals surface area (Å²) in [5, 5.41) is 9.42. The van der Waals surface area contributed by atoms with E-state index in [9.17, 15) is 9.90 Å². The third kappa shape index (κ3) is 3.28. The van der Waals surface area contributed by atoms with Gasteiger partial charge in [0.1, 0.15) is 0 Å². The van der Waals surface area contributed by atoms with Crippen molar-refractivity contribution in [3.8, 4) is 22.3 Å². The monoisotopic (exact) mass is 334 g/mol. The van der Waals surface area contributed by atoms with Crippen LogP contribution in [0.1, 0.15) is 41.3 Å². The van der Waals surface area contributed by atoms with E-state index in [0.29, 0.717) is 11.5 Å². The molecule has 0 fully saturated rings. The molecule has 25 heavy (non-hydrogen) atoms. The number of aliphatic hydroxyl groups excluding tert-OH is 1. The van der Waals surface area contributed by atoms with Crippen molar-refractivity contribution in [2.75, 3.05) is 7.11 Å². The maximum absolute atomic E-state index is 12.3. The third-order valence-corrected chi connectivity index (χ3v) is 4.54. The Morgan fingerprint density at radius 1 is 1.00 bits per heavy atom. The van der Waals surface area contributed by atoms with E-state index in [2.05, 4.69) is 32.0 Å². The zero-order valence-electron chi connectivity index (χ0n) is 14.7. The Balaban J connectivity index is 2.26. The molecule has 0 atom stereocenters. The number of carbonyl (C=O) groups excluding carboxylic acids is 1. The van der Waals surface area contributed by atoms with E-state index in [1.807, 2.05) is 36.4 Å². The Bertz CT molecular complexity index is 880. The van der Waals surface area contributed by atoms with Crippen molar-refractivity contribution in [2.24, 2.45) is 0 Å². The molecule has 1 N–H and O–H groups in total. The lowest BCUT2D eigenvalue weighted by Crippen LogP contribution is -1.99. The molecular weight excluding hydrogens is 312 g/mol. The van der Waals surface area contributed by atoms with Crippen molar-refractivity contribution in [3.63, 3.8) is 0 Å². The molecule has 3 heteroatoms. The summed E-state index contributed by atoms with van der Waals surface area (Å²) in [5.41, 5.74) is 6.44. The third-order valence-electron chi connectivity index (χ3n) is 4.54. The fourth-order valence-electron chi connectivity index (χ4n) is 3.10. The van der Waals surface area contributed by atoms with Gasteiger partial charge in [0.15, 0.2) is 0 Å². The first-order chi connectivity index (χ1) is 12.0. The van der Waals surface area contributed by atoms with E-state index in [-0.39, 0.29) is 12.6 Å². The summed E-state index contributed by atoms with van der Waals surface area (Å²) in [6, 6.07) is 17.8. The van der Waals surface area contributed by atoms with Crippen LogP contribution in [0.2, 0.25) is 0 Å². The van der Waals surface area contributed by atoms with Crippen LogP contribution in [0, 0.1) is 0 Å². The fourth-order valence-corrected chi connectivity index (χ4v) is 3.10. The number of ether oxygens (including phenoxy) is 1. The summed E-state index contributed by atoms with van der Waals surface area (Å²) in [6.07, 6.45) is 0. The normalized spacial score (nSPS) is 11.1. The zero-order valence-corrected chi connectivity index (χ0v) is 14.7. The van der Waals surface area contributed by atoms with Crippen molar-refractivity contribution in [3.05, 3.63) is 71.3 Å². The SMILES string of the molecule is COC(=O)c1cc(-c2cccc(CO)c2)c2ccc(C(C)C)ccc1-2. The Morgan fingerprint density at radius 3 is 2.36 bits per heavy atom. The molecule has 128 valence electrons. The average molecular weight is 334 g/mol. The molecule has 0 radical (unpaired) electrons. The van der Waals surface area contributed by atoms with E-state index in [1.165, 1.54) is 12.7 Å². The van der Waals surface area contributed by atoms with Gasteiger partial charge in [0.2, 0.25) is 0 Å². The highest BCUT2D eigenvalue weighted by atomic mass is 16.5. The average Bonchev–Trinajstić information content (AvgIpc) is 2.84. The summed E-state index contributed by atoms with van der Waals surface area (Å²) in [7, 11) is 1.40. The first-order valence-corrected chi connectivity index (χ1v) is 8.40. The topological polar surface area (TPSA) is 46.5 Å². The number of fused-ring (bicyclic) bond motifs is 1. The molecule has 1 aromatic carbocycles. The minimum absolute atomic E-state index is 0.0123. The highest BCUT2D eigenvalue weighted by Gasteiger charge is 2.21. The van der Waals surface area contributed by atoms with Gasteiger partial charge < -0.3 is 9.84 Å². The van der Waals surface area contributed by atoms with Crippen LogP contribution < -0.4 is 0 Å². The lowest BCUT2D eigenvalue weighted by molar-refractivity contribution is 0.0602. The molecule has 2 aliphatic carbocycles. The maximum atomic E-state index is 12.3. The second kappa shape index (κ2) is 7.08. The molecule has 0 saturated heterocycles. The lowest BCUT2D eigenvalue weighted by Gasteiger charge is -2.04. The van der Waals surface area contributed by atoms with Crippen molar-refractivity contribution in [1.29, 1.82) is 0 Å². The van der Waals surface area contributed by atoms with Crippen LogP contribution in [0.15, 0.2) is 54.6 Å². The molecule has 3 nitrogen and oxygen atoms in total. The van der Waals surface area contributed by atoms with Crippen LogP contribution in [0.5, 0.6) is 0 Å². The van der Waals surface area contributed by atoms with Crippen LogP contribution in [-0.2, 0) is 11.3 Å². The highest BCUT2D eigenvalue weighted by Crippen LogP contribution is 2.39. The molecule has 0 bridgehead atoms. The zero-order chi connectivity index (χ0) is 18.0. The van der Waals surface area contributed by atoms with Crippen molar-refractivity contribution in [1.82, 2.24) is 0 Å². The first kappa shape index (κ1) is 17.2. The number of hydrogen-bond donors (Lipinski definition) is 1. The number of carbonyl (C=O) groups is 1. The number of methoxy groups -OCH3 is 1. The second-order valence-corrected chi connectivity index (χ2v) is 6.47. The quantitative estimate of drug-likeness (QED) is 0.693. The van der Waals surface area contributed by atoms with E-state index in [4.69, 9.17) is 4.74 Å². The van der Waals surface area contributed by atoms with E-state index < -0.39 is 0 Å². The number of esters is 1. The standard InChI is InChI=1S/C22H22O3/c1-14(2)16-7-9-18-19(10-8-16)21(22(24)25-3)12-20(18)17-6-4-5-15(11-17)13-23/h4-12,14,23H,13H2,1-3H3. The molecule has 0 heterocycles. The molecular formula is C22H22O3. The first-order valence-electron chi connectivity index (χ1n) is 8.40. The van der Waals surface area contributed by atoms with E-state index in [1.54, 1.807) is 0 Å². The Labute approximate surface area is 148 Å². The molecule has 2 aliphatic rings. The van der Waals surface area contributed by atoms with Gasteiger partial charge in [-0.25, -0.2) is 4.79 Å². The minimum Gasteiger partial charge on any atom is -0.465 e. The van der Waals surface area contributed by atoms with E-state index >= 15 is 0 Å². The van der Waals surface area contributed by atoms with Crippen molar-refractivity contribution >= 4 is 5.97 Å². The lowest BCUT2D eigenvalue weighted by atomic mass is 10.0. The molecule has 0 aromatic heterocycles. The summed E-state index contributed by atoms with van der Waals surface area (Å²) >= 11 is 0. The van der Waals surface area contributed by atoms with Crippen LogP contribution in [-0.4, -0.2) is 18.2 Å². The van der Waals surface area contributed by atoms with Gasteiger partial charge in [-0.3, -0.25) is 0 Å². The Hall–Kier alpha value is -2.65. The van der Waals surface area contributed by atoms with Gasteiger partial charge in [0, 0.05) is 0 Å². The Morgan fingerprint density at radius 2 is 1.72 bits per heavy atom. The number of hydrogen-bond acceptors (Lipinski definition) is 3. The molecule has 0 saturated carbocycles. The molecule has 3 rings (SSSR count). The second-order valence-electron chi connectivity index (χ2n) is 6.47. The van der Waals surface area contributed by atoms with Gasteiger partial charge in [0.05, 0.1) is 19.3 Å². The van der Waals surface area contributed by atoms with Gasteiger partial charge in [-0.1, -0.05) is 56.3 Å². The van der Waals surface area contributed by atoms with Crippen LogP contribution >= 0.6 is 0 Å². The van der Waals surface area contributed by atoms with Gasteiger partial charge in [-0.15, -0.1) is 0 Å². The number of benzene rings is 1. The predicted molar refractivity (Wildman–Crippen MR) is 99.9 cm³/mol. The van der Waals surface area contributed by atoms with Gasteiger partial charge in [-0.2, -0.15) is 0 Å². The number of rotatable bonds is 4.